The molecule has 0 aliphatic heterocycles. The van der Waals surface area contributed by atoms with Crippen molar-refractivity contribution in [2.24, 2.45) is 0 Å². The van der Waals surface area contributed by atoms with Crippen LogP contribution in [-0.2, 0) is 14.3 Å². The third kappa shape index (κ3) is 8.04. The van der Waals surface area contributed by atoms with E-state index in [1.165, 1.54) is 24.6 Å². The summed E-state index contributed by atoms with van der Waals surface area (Å²) in [5.74, 6) is -1.10. The van der Waals surface area contributed by atoms with Crippen molar-refractivity contribution in [3.63, 3.8) is 0 Å². The van der Waals surface area contributed by atoms with E-state index in [0.717, 1.165) is 51.4 Å². The SMILES string of the molecule is CN(C(=O)CSc1ccccc1C(=O)OCC(=O)NC(=O)NC1CCCCC1)C1CCCCC1. The van der Waals surface area contributed by atoms with Crippen LogP contribution in [0.2, 0.25) is 0 Å². The lowest BCUT2D eigenvalue weighted by molar-refractivity contribution is -0.129. The van der Waals surface area contributed by atoms with Gasteiger partial charge in [0.05, 0.1) is 11.3 Å². The van der Waals surface area contributed by atoms with Crippen LogP contribution in [0.5, 0.6) is 0 Å². The number of nitrogens with zero attached hydrogens (tertiary/aromatic N) is 1. The second-order valence-electron chi connectivity index (χ2n) is 9.01. The van der Waals surface area contributed by atoms with Gasteiger partial charge in [-0.2, -0.15) is 0 Å². The maximum atomic E-state index is 12.7. The van der Waals surface area contributed by atoms with Crippen LogP contribution in [0.25, 0.3) is 0 Å². The van der Waals surface area contributed by atoms with Crippen molar-refractivity contribution >= 4 is 35.6 Å². The maximum absolute atomic E-state index is 12.7. The highest BCUT2D eigenvalue weighted by Crippen LogP contribution is 2.26. The second-order valence-corrected chi connectivity index (χ2v) is 10.0. The molecule has 3 rings (SSSR count). The van der Waals surface area contributed by atoms with Gasteiger partial charge in [-0.15, -0.1) is 11.8 Å². The first kappa shape index (κ1) is 26.1. The van der Waals surface area contributed by atoms with Crippen molar-refractivity contribution in [1.29, 1.82) is 0 Å². The number of imide groups is 1. The van der Waals surface area contributed by atoms with E-state index in [0.29, 0.717) is 10.5 Å². The molecule has 0 aromatic heterocycles. The Kier molecular flexibility index (Phi) is 10.2. The van der Waals surface area contributed by atoms with Crippen LogP contribution in [0.1, 0.15) is 74.6 Å². The van der Waals surface area contributed by atoms with Gasteiger partial charge in [-0.1, -0.05) is 50.7 Å². The summed E-state index contributed by atoms with van der Waals surface area (Å²) in [6.45, 7) is -0.556. The first-order valence-electron chi connectivity index (χ1n) is 12.2. The molecule has 2 N–H and O–H groups in total. The summed E-state index contributed by atoms with van der Waals surface area (Å²) in [6, 6.07) is 6.65. The lowest BCUT2D eigenvalue weighted by atomic mass is 9.94. The minimum Gasteiger partial charge on any atom is -0.452 e. The highest BCUT2D eigenvalue weighted by molar-refractivity contribution is 8.00. The van der Waals surface area contributed by atoms with Gasteiger partial charge >= 0.3 is 12.0 Å². The number of carbonyl (C=O) groups is 4. The lowest BCUT2D eigenvalue weighted by Crippen LogP contribution is -2.46. The van der Waals surface area contributed by atoms with Crippen LogP contribution in [0, 0.1) is 0 Å². The van der Waals surface area contributed by atoms with Gasteiger partial charge in [0.2, 0.25) is 5.91 Å². The van der Waals surface area contributed by atoms with Gasteiger partial charge in [-0.3, -0.25) is 14.9 Å². The number of amides is 4. The van der Waals surface area contributed by atoms with E-state index in [1.54, 1.807) is 24.3 Å². The summed E-state index contributed by atoms with van der Waals surface area (Å²) in [5, 5.41) is 5.00. The number of benzene rings is 1. The number of urea groups is 1. The largest absolute Gasteiger partial charge is 0.452 e. The third-order valence-corrected chi connectivity index (χ3v) is 7.56. The Bertz CT molecular complexity index is 866. The molecular formula is C25H35N3O5S. The molecule has 4 amide bonds. The van der Waals surface area contributed by atoms with Crippen molar-refractivity contribution in [2.75, 3.05) is 19.4 Å². The zero-order valence-corrected chi connectivity index (χ0v) is 20.7. The van der Waals surface area contributed by atoms with Crippen molar-refractivity contribution in [1.82, 2.24) is 15.5 Å². The normalized spacial score (nSPS) is 17.0. The maximum Gasteiger partial charge on any atom is 0.339 e. The van der Waals surface area contributed by atoms with Crippen molar-refractivity contribution in [3.8, 4) is 0 Å². The summed E-state index contributed by atoms with van der Waals surface area (Å²) >= 11 is 1.28. The summed E-state index contributed by atoms with van der Waals surface area (Å²) in [6.07, 6.45) is 10.7. The molecule has 186 valence electrons. The number of carbonyl (C=O) groups excluding carboxylic acids is 4. The molecule has 2 saturated carbocycles. The molecule has 0 heterocycles. The van der Waals surface area contributed by atoms with Crippen LogP contribution >= 0.6 is 11.8 Å². The summed E-state index contributed by atoms with van der Waals surface area (Å²) < 4.78 is 5.13. The van der Waals surface area contributed by atoms with E-state index in [1.807, 2.05) is 11.9 Å². The Balaban J connectivity index is 1.45. The van der Waals surface area contributed by atoms with Crippen LogP contribution < -0.4 is 10.6 Å². The summed E-state index contributed by atoms with van der Waals surface area (Å²) in [4.78, 5) is 51.7. The Hall–Kier alpha value is -2.55. The Morgan fingerprint density at radius 3 is 2.32 bits per heavy atom. The first-order valence-corrected chi connectivity index (χ1v) is 13.2. The topological polar surface area (TPSA) is 105 Å². The highest BCUT2D eigenvalue weighted by atomic mass is 32.2. The van der Waals surface area contributed by atoms with Crippen molar-refractivity contribution in [2.45, 2.75) is 81.2 Å². The fourth-order valence-electron chi connectivity index (χ4n) is 4.51. The third-order valence-electron chi connectivity index (χ3n) is 6.50. The van der Waals surface area contributed by atoms with Gasteiger partial charge in [0, 0.05) is 24.0 Å². The van der Waals surface area contributed by atoms with Crippen molar-refractivity contribution < 1.29 is 23.9 Å². The van der Waals surface area contributed by atoms with E-state index in [2.05, 4.69) is 10.6 Å². The number of thioether (sulfide) groups is 1. The van der Waals surface area contributed by atoms with E-state index in [-0.39, 0.29) is 23.7 Å². The van der Waals surface area contributed by atoms with Gasteiger partial charge in [-0.05, 0) is 37.8 Å². The van der Waals surface area contributed by atoms with Crippen molar-refractivity contribution in [3.05, 3.63) is 29.8 Å². The standard InChI is InChI=1S/C25H35N3O5S/c1-28(19-12-6-3-7-13-19)23(30)17-34-21-15-9-8-14-20(21)24(31)33-16-22(29)27-25(32)26-18-10-4-2-5-11-18/h8-9,14-15,18-19H,2-7,10-13,16-17H2,1H3,(H2,26,27,29,32). The van der Waals surface area contributed by atoms with Gasteiger partial charge in [-0.25, -0.2) is 9.59 Å². The molecule has 1 aromatic carbocycles. The fourth-order valence-corrected chi connectivity index (χ4v) is 5.48. The van der Waals surface area contributed by atoms with Crippen LogP contribution in [0.4, 0.5) is 4.79 Å². The molecule has 2 aliphatic rings. The molecule has 0 saturated heterocycles. The molecule has 0 spiro atoms. The van der Waals surface area contributed by atoms with E-state index in [9.17, 15) is 19.2 Å². The number of rotatable bonds is 8. The zero-order valence-electron chi connectivity index (χ0n) is 19.8. The molecule has 2 aliphatic carbocycles. The summed E-state index contributed by atoms with van der Waals surface area (Å²) in [7, 11) is 1.85. The monoisotopic (exact) mass is 489 g/mol. The molecule has 0 bridgehead atoms. The molecule has 34 heavy (non-hydrogen) atoms. The fraction of sp³-hybridized carbons (Fsp3) is 0.600. The molecule has 0 unspecified atom stereocenters. The van der Waals surface area contributed by atoms with Gasteiger partial charge in [0.25, 0.3) is 5.91 Å². The Morgan fingerprint density at radius 1 is 0.971 bits per heavy atom. The molecule has 8 nitrogen and oxygen atoms in total. The lowest BCUT2D eigenvalue weighted by Gasteiger charge is -2.31. The molecule has 0 atom stereocenters. The quantitative estimate of drug-likeness (QED) is 0.424. The van der Waals surface area contributed by atoms with Crippen LogP contribution in [0.3, 0.4) is 0 Å². The Labute approximate surface area is 205 Å². The number of ether oxygens (including phenoxy) is 1. The van der Waals surface area contributed by atoms with Gasteiger partial charge in [0.1, 0.15) is 0 Å². The van der Waals surface area contributed by atoms with Crippen LogP contribution in [-0.4, -0.2) is 60.2 Å². The molecular weight excluding hydrogens is 454 g/mol. The number of hydrogen-bond acceptors (Lipinski definition) is 6. The van der Waals surface area contributed by atoms with Crippen LogP contribution in [0.15, 0.2) is 29.2 Å². The van der Waals surface area contributed by atoms with E-state index < -0.39 is 24.5 Å². The second kappa shape index (κ2) is 13.4. The average Bonchev–Trinajstić information content (AvgIpc) is 2.86. The molecule has 1 aromatic rings. The Morgan fingerprint density at radius 2 is 1.62 bits per heavy atom. The molecule has 0 radical (unpaired) electrons. The van der Waals surface area contributed by atoms with E-state index in [4.69, 9.17) is 4.74 Å². The first-order chi connectivity index (χ1) is 16.4. The highest BCUT2D eigenvalue weighted by Gasteiger charge is 2.23. The number of esters is 1. The smallest absolute Gasteiger partial charge is 0.339 e. The predicted octanol–water partition coefficient (Wildman–Crippen LogP) is 3.89. The minimum atomic E-state index is -0.684. The van der Waals surface area contributed by atoms with Gasteiger partial charge in [0.15, 0.2) is 6.61 Å². The zero-order chi connectivity index (χ0) is 24.3. The number of hydrogen-bond donors (Lipinski definition) is 2. The minimum absolute atomic E-state index is 0.0310. The molecule has 2 fully saturated rings. The van der Waals surface area contributed by atoms with E-state index >= 15 is 0 Å². The summed E-state index contributed by atoms with van der Waals surface area (Å²) in [5.41, 5.74) is 0.292. The van der Waals surface area contributed by atoms with Gasteiger partial charge < -0.3 is 15.0 Å². The number of nitrogens with one attached hydrogen (secondary N) is 2. The molecule has 9 heteroatoms. The average molecular weight is 490 g/mol. The predicted molar refractivity (Wildman–Crippen MR) is 131 cm³/mol.